The zero-order chi connectivity index (χ0) is 36.7. The largest absolute Gasteiger partial charge is 0.479 e. The Morgan fingerprint density at radius 2 is 1.80 bits per heavy atom. The minimum Gasteiger partial charge on any atom is -0.479 e. The Morgan fingerprint density at radius 3 is 2.45 bits per heavy atom. The minimum atomic E-state index is -4.00. The van der Waals surface area contributed by atoms with Crippen LogP contribution in [-0.4, -0.2) is 94.6 Å². The summed E-state index contributed by atoms with van der Waals surface area (Å²) < 4.78 is 39.1. The smallest absolute Gasteiger partial charge is 0.405 e. The summed E-state index contributed by atoms with van der Waals surface area (Å²) in [7, 11) is -2.53. The first-order valence-electron chi connectivity index (χ1n) is 17.5. The molecule has 276 valence electrons. The standard InChI is InChI=1S/C35H46N6O9S/c1-5-21-16-20(2)10-6-7-11-22-18-35(22,32(44)40-51(47,48)34(3)14-15-34)37-28(42)26-17-23(19-41(26)31(43)27(21)36-33(45)46)50-30-25-13-9-8-12-24(25)29(49-4)38-39-30/h7-9,11-13,20-23,26-27,36H,5-6,10,14-19H2,1-4H3,(H,37,42)(H,40,44)(H,45,46)/t20-,21+,22+,23+,26-,27-,35+/m0/s1. The molecule has 51 heavy (non-hydrogen) atoms. The van der Waals surface area contributed by atoms with Crippen LogP contribution < -0.4 is 24.8 Å². The van der Waals surface area contributed by atoms with E-state index in [1.54, 1.807) is 25.1 Å². The number of amides is 4. The van der Waals surface area contributed by atoms with Gasteiger partial charge in [-0.2, -0.15) is 0 Å². The quantitative estimate of drug-likeness (QED) is 0.291. The highest BCUT2D eigenvalue weighted by Crippen LogP contribution is 2.47. The number of rotatable bonds is 8. The Hall–Kier alpha value is -4.47. The lowest BCUT2D eigenvalue weighted by Gasteiger charge is -2.33. The molecule has 6 rings (SSSR count). The fourth-order valence-corrected chi connectivity index (χ4v) is 8.71. The average molecular weight is 727 g/mol. The van der Waals surface area contributed by atoms with Crippen LogP contribution in [0.15, 0.2) is 36.4 Å². The summed E-state index contributed by atoms with van der Waals surface area (Å²) in [5.74, 6) is -2.33. The predicted octanol–water partition coefficient (Wildman–Crippen LogP) is 2.90. The molecule has 2 aliphatic carbocycles. The molecule has 16 heteroatoms. The van der Waals surface area contributed by atoms with Gasteiger partial charge in [-0.25, -0.2) is 13.2 Å². The van der Waals surface area contributed by atoms with E-state index in [-0.39, 0.29) is 37.1 Å². The summed E-state index contributed by atoms with van der Waals surface area (Å²) in [6, 6.07) is 4.87. The number of benzene rings is 1. The van der Waals surface area contributed by atoms with Gasteiger partial charge < -0.3 is 30.1 Å². The van der Waals surface area contributed by atoms with Crippen LogP contribution in [0, 0.1) is 17.8 Å². The monoisotopic (exact) mass is 726 g/mol. The van der Waals surface area contributed by atoms with E-state index in [2.05, 4.69) is 25.6 Å². The molecule has 2 aliphatic heterocycles. The van der Waals surface area contributed by atoms with E-state index in [0.717, 1.165) is 6.42 Å². The van der Waals surface area contributed by atoms with Gasteiger partial charge in [-0.05, 0) is 69.4 Å². The van der Waals surface area contributed by atoms with Crippen molar-refractivity contribution in [3.05, 3.63) is 36.4 Å². The third kappa shape index (κ3) is 7.19. The highest BCUT2D eigenvalue weighted by Gasteiger charge is 2.63. The summed E-state index contributed by atoms with van der Waals surface area (Å²) >= 11 is 0. The number of allylic oxidation sites excluding steroid dienone is 1. The summed E-state index contributed by atoms with van der Waals surface area (Å²) in [6.07, 6.45) is 5.13. The number of fused-ring (bicyclic) bond motifs is 3. The summed E-state index contributed by atoms with van der Waals surface area (Å²) in [5.41, 5.74) is -1.55. The van der Waals surface area contributed by atoms with Crippen molar-refractivity contribution >= 4 is 44.6 Å². The molecule has 0 spiro atoms. The van der Waals surface area contributed by atoms with E-state index in [1.165, 1.54) is 12.0 Å². The Bertz CT molecular complexity index is 1850. The van der Waals surface area contributed by atoms with Gasteiger partial charge in [-0.15, -0.1) is 10.2 Å². The van der Waals surface area contributed by atoms with Crippen LogP contribution >= 0.6 is 0 Å². The van der Waals surface area contributed by atoms with Gasteiger partial charge in [0, 0.05) is 12.3 Å². The third-order valence-electron chi connectivity index (χ3n) is 11.0. The highest BCUT2D eigenvalue weighted by atomic mass is 32.2. The molecule has 1 aromatic heterocycles. The van der Waals surface area contributed by atoms with Gasteiger partial charge >= 0.3 is 6.09 Å². The molecule has 0 radical (unpaired) electrons. The van der Waals surface area contributed by atoms with Gasteiger partial charge in [0.25, 0.3) is 5.91 Å². The second kappa shape index (κ2) is 13.9. The SMILES string of the molecule is CC[C@@H]1C[C@@H](C)CCC=C[C@@H]2C[C@@]2(C(=O)NS(=O)(=O)C2(C)CC2)NC(=O)[C@@H]2C[C@@H](Oc3nnc(OC)c4ccccc34)CN2C(=O)[C@H]1NC(=O)O. The highest BCUT2D eigenvalue weighted by molar-refractivity contribution is 7.91. The van der Waals surface area contributed by atoms with Gasteiger partial charge in [-0.1, -0.05) is 44.6 Å². The summed E-state index contributed by atoms with van der Waals surface area (Å²) in [6.45, 7) is 5.43. The summed E-state index contributed by atoms with van der Waals surface area (Å²) in [4.78, 5) is 56.0. The Labute approximate surface area is 296 Å². The van der Waals surface area contributed by atoms with Crippen LogP contribution in [-0.2, 0) is 24.4 Å². The molecular formula is C35H46N6O9S. The van der Waals surface area contributed by atoms with Crippen molar-refractivity contribution in [2.45, 2.75) is 101 Å². The van der Waals surface area contributed by atoms with Gasteiger partial charge in [0.05, 0.1) is 29.2 Å². The van der Waals surface area contributed by atoms with Crippen molar-refractivity contribution in [2.75, 3.05) is 13.7 Å². The number of carboxylic acid groups (broad SMARTS) is 1. The maximum absolute atomic E-state index is 14.5. The zero-order valence-corrected chi connectivity index (χ0v) is 30.1. The van der Waals surface area contributed by atoms with Crippen LogP contribution in [0.2, 0.25) is 0 Å². The van der Waals surface area contributed by atoms with Crippen LogP contribution in [0.5, 0.6) is 11.8 Å². The number of sulfonamides is 1. The second-order valence-electron chi connectivity index (χ2n) is 14.6. The van der Waals surface area contributed by atoms with Crippen molar-refractivity contribution in [3.8, 4) is 11.8 Å². The normalized spacial score (nSPS) is 30.5. The molecule has 3 heterocycles. The molecule has 4 aliphatic rings. The number of hydrogen-bond donors (Lipinski definition) is 4. The summed E-state index contributed by atoms with van der Waals surface area (Å²) in [5, 5.41) is 24.7. The number of hydrogen-bond acceptors (Lipinski definition) is 10. The van der Waals surface area contributed by atoms with Gasteiger partial charge in [0.1, 0.15) is 23.7 Å². The molecular weight excluding hydrogens is 680 g/mol. The number of ether oxygens (including phenoxy) is 2. The lowest BCUT2D eigenvalue weighted by atomic mass is 9.85. The van der Waals surface area contributed by atoms with Crippen LogP contribution in [0.1, 0.15) is 72.1 Å². The first-order valence-corrected chi connectivity index (χ1v) is 19.0. The Kier molecular flexibility index (Phi) is 9.92. The number of aromatic nitrogens is 2. The van der Waals surface area contributed by atoms with Crippen LogP contribution in [0.25, 0.3) is 10.8 Å². The second-order valence-corrected chi connectivity index (χ2v) is 16.8. The predicted molar refractivity (Wildman–Crippen MR) is 185 cm³/mol. The molecule has 4 amide bonds. The first kappa shape index (κ1) is 36.3. The average Bonchev–Trinajstić information content (AvgIpc) is 3.97. The molecule has 0 unspecified atom stereocenters. The van der Waals surface area contributed by atoms with Crippen molar-refractivity contribution in [3.63, 3.8) is 0 Å². The van der Waals surface area contributed by atoms with E-state index >= 15 is 0 Å². The maximum atomic E-state index is 14.5. The molecule has 3 fully saturated rings. The molecule has 0 bridgehead atoms. The van der Waals surface area contributed by atoms with Crippen molar-refractivity contribution in [2.24, 2.45) is 17.8 Å². The number of nitrogens with one attached hydrogen (secondary N) is 3. The Balaban J connectivity index is 1.35. The molecule has 4 N–H and O–H groups in total. The lowest BCUT2D eigenvalue weighted by Crippen LogP contribution is -2.59. The molecule has 1 aromatic carbocycles. The van der Waals surface area contributed by atoms with Crippen molar-refractivity contribution in [1.29, 1.82) is 0 Å². The van der Waals surface area contributed by atoms with Crippen LogP contribution in [0.3, 0.4) is 0 Å². The fraction of sp³-hybridized carbons (Fsp3) is 0.600. The third-order valence-corrected chi connectivity index (χ3v) is 13.1. The van der Waals surface area contributed by atoms with Crippen LogP contribution in [0.4, 0.5) is 4.79 Å². The molecule has 2 aromatic rings. The molecule has 15 nitrogen and oxygen atoms in total. The number of methoxy groups -OCH3 is 1. The van der Waals surface area contributed by atoms with E-state index in [4.69, 9.17) is 9.47 Å². The molecule has 7 atom stereocenters. The van der Waals surface area contributed by atoms with E-state index in [0.29, 0.717) is 48.8 Å². The zero-order valence-electron chi connectivity index (χ0n) is 29.3. The topological polar surface area (TPSA) is 206 Å². The first-order chi connectivity index (χ1) is 24.2. The van der Waals surface area contributed by atoms with E-state index in [9.17, 15) is 32.7 Å². The van der Waals surface area contributed by atoms with Gasteiger partial charge in [0.15, 0.2) is 0 Å². The number of carbonyl (C=O) groups excluding carboxylic acids is 3. The van der Waals surface area contributed by atoms with Crippen molar-refractivity contribution in [1.82, 2.24) is 30.5 Å². The number of nitrogens with zero attached hydrogens (tertiary/aromatic N) is 3. The number of carbonyl (C=O) groups is 4. The minimum absolute atomic E-state index is 0.0127. The fourth-order valence-electron chi connectivity index (χ4n) is 7.40. The maximum Gasteiger partial charge on any atom is 0.405 e. The van der Waals surface area contributed by atoms with Gasteiger partial charge in [-0.3, -0.25) is 19.1 Å². The lowest BCUT2D eigenvalue weighted by molar-refractivity contribution is -0.142. The van der Waals surface area contributed by atoms with Crippen molar-refractivity contribution < 1.29 is 42.2 Å². The Morgan fingerprint density at radius 1 is 1.12 bits per heavy atom. The van der Waals surface area contributed by atoms with E-state index < -0.39 is 68.2 Å². The van der Waals surface area contributed by atoms with E-state index in [1.807, 2.05) is 32.1 Å². The van der Waals surface area contributed by atoms with Gasteiger partial charge in [0.2, 0.25) is 33.6 Å². The molecule has 1 saturated heterocycles. The molecule has 2 saturated carbocycles.